The van der Waals surface area contributed by atoms with Crippen LogP contribution in [0.4, 0.5) is 5.69 Å². The molecule has 0 unspecified atom stereocenters. The first kappa shape index (κ1) is 19.4. The van der Waals surface area contributed by atoms with Crippen molar-refractivity contribution < 1.29 is 19.4 Å². The molecule has 0 saturated heterocycles. The summed E-state index contributed by atoms with van der Waals surface area (Å²) in [5.41, 5.74) is 2.93. The molecular formula is C22H22N2O4. The summed E-state index contributed by atoms with van der Waals surface area (Å²) in [6.45, 7) is 2.64. The van der Waals surface area contributed by atoms with Crippen LogP contribution in [0.2, 0.25) is 0 Å². The van der Waals surface area contributed by atoms with Gasteiger partial charge in [-0.3, -0.25) is 9.79 Å². The lowest BCUT2D eigenvalue weighted by Gasteiger charge is -2.20. The first-order valence-corrected chi connectivity index (χ1v) is 9.13. The first-order valence-electron chi connectivity index (χ1n) is 9.13. The molecule has 0 amide bonds. The van der Waals surface area contributed by atoms with Crippen molar-refractivity contribution in [3.8, 4) is 5.75 Å². The van der Waals surface area contributed by atoms with E-state index in [1.165, 1.54) is 7.11 Å². The number of rotatable bonds is 6. The highest BCUT2D eigenvalue weighted by Crippen LogP contribution is 2.33. The molecule has 28 heavy (non-hydrogen) atoms. The third-order valence-corrected chi connectivity index (χ3v) is 4.45. The number of nitrogens with zero attached hydrogens (tertiary/aromatic N) is 1. The minimum atomic E-state index is -0.414. The molecule has 0 fully saturated rings. The molecule has 0 bridgehead atoms. The van der Waals surface area contributed by atoms with E-state index in [0.717, 1.165) is 12.8 Å². The number of nitrogens with one attached hydrogen (secondary N) is 1. The lowest BCUT2D eigenvalue weighted by Crippen LogP contribution is -2.22. The van der Waals surface area contributed by atoms with E-state index in [4.69, 9.17) is 4.74 Å². The summed E-state index contributed by atoms with van der Waals surface area (Å²) in [4.78, 5) is 28.8. The van der Waals surface area contributed by atoms with E-state index in [9.17, 15) is 14.7 Å². The van der Waals surface area contributed by atoms with Crippen LogP contribution in [0, 0.1) is 0 Å². The fourth-order valence-electron chi connectivity index (χ4n) is 2.96. The quantitative estimate of drug-likeness (QED) is 0.584. The smallest absolute Gasteiger partial charge is 0.337 e. The number of aliphatic imine (C=N–C) groups is 1. The van der Waals surface area contributed by atoms with Gasteiger partial charge in [0.1, 0.15) is 11.5 Å². The summed E-state index contributed by atoms with van der Waals surface area (Å²) in [6.07, 6.45) is 3.55. The molecule has 3 rings (SSSR count). The Morgan fingerprint density at radius 1 is 1.18 bits per heavy atom. The molecule has 0 atom stereocenters. The molecule has 144 valence electrons. The lowest BCUT2D eigenvalue weighted by molar-refractivity contribution is 0.0600. The largest absolute Gasteiger partial charge is 0.507 e. The van der Waals surface area contributed by atoms with Crippen molar-refractivity contribution in [2.24, 2.45) is 4.99 Å². The van der Waals surface area contributed by atoms with Crippen molar-refractivity contribution in [3.05, 3.63) is 65.2 Å². The average Bonchev–Trinajstić information content (AvgIpc) is 2.71. The molecule has 0 radical (unpaired) electrons. The summed E-state index contributed by atoms with van der Waals surface area (Å²) in [7, 11) is 1.33. The molecule has 0 aromatic heterocycles. The number of allylic oxidation sites excluding steroid dienone is 1. The first-order chi connectivity index (χ1) is 13.5. The lowest BCUT2D eigenvalue weighted by atomic mass is 9.91. The number of esters is 1. The zero-order valence-corrected chi connectivity index (χ0v) is 15.9. The number of ether oxygens (including phenoxy) is 1. The third-order valence-electron chi connectivity index (χ3n) is 4.45. The summed E-state index contributed by atoms with van der Waals surface area (Å²) in [5, 5.41) is 13.6. The number of methoxy groups -OCH3 is 1. The number of phenolic OH excluding ortho intramolecular Hbond substituents is 1. The number of carbonyl (C=O) groups excluding carboxylic acids is 2. The molecule has 6 nitrogen and oxygen atoms in total. The van der Waals surface area contributed by atoms with Gasteiger partial charge in [-0.1, -0.05) is 25.5 Å². The number of Topliss-reactive ketones (excluding diaryl/α,β-unsaturated/α-hetero) is 1. The molecule has 0 saturated carbocycles. The molecular weight excluding hydrogens is 356 g/mol. The Morgan fingerprint density at radius 3 is 2.61 bits per heavy atom. The summed E-state index contributed by atoms with van der Waals surface area (Å²) >= 11 is 0. The van der Waals surface area contributed by atoms with Crippen LogP contribution in [0.25, 0.3) is 5.70 Å². The Hall–Kier alpha value is -3.41. The Kier molecular flexibility index (Phi) is 5.89. The highest BCUT2D eigenvalue weighted by molar-refractivity contribution is 6.53. The average molecular weight is 378 g/mol. The van der Waals surface area contributed by atoms with Gasteiger partial charge in [0.15, 0.2) is 0 Å². The van der Waals surface area contributed by atoms with Crippen molar-refractivity contribution in [1.82, 2.24) is 0 Å². The standard InChI is InChI=1S/C22H22N2O4/c1-3-4-12-23-18-13-17(20-16(21(18)26)6-5-7-19(20)25)24-15-10-8-14(9-11-15)22(27)28-2/h5-11,13,24-25H,3-4,12H2,1-2H3. The number of unbranched alkanes of at least 4 members (excludes halogenated alkanes) is 1. The molecule has 0 heterocycles. The van der Waals surface area contributed by atoms with Crippen molar-refractivity contribution in [2.75, 3.05) is 19.0 Å². The molecule has 2 N–H and O–H groups in total. The van der Waals surface area contributed by atoms with E-state index in [1.807, 2.05) is 0 Å². The van der Waals surface area contributed by atoms with Crippen molar-refractivity contribution >= 4 is 28.8 Å². The van der Waals surface area contributed by atoms with E-state index in [2.05, 4.69) is 17.2 Å². The van der Waals surface area contributed by atoms with Crippen molar-refractivity contribution in [2.45, 2.75) is 19.8 Å². The second kappa shape index (κ2) is 8.52. The maximum absolute atomic E-state index is 12.7. The zero-order chi connectivity index (χ0) is 20.1. The van der Waals surface area contributed by atoms with Crippen molar-refractivity contribution in [1.29, 1.82) is 0 Å². The van der Waals surface area contributed by atoms with Crippen LogP contribution in [0.3, 0.4) is 0 Å². The van der Waals surface area contributed by atoms with E-state index < -0.39 is 5.97 Å². The van der Waals surface area contributed by atoms with Gasteiger partial charge in [0.25, 0.3) is 0 Å². The number of carbonyl (C=O) groups is 2. The predicted octanol–water partition coefficient (Wildman–Crippen LogP) is 4.07. The normalized spacial score (nSPS) is 14.4. The Balaban J connectivity index is 1.97. The number of phenols is 1. The van der Waals surface area contributed by atoms with E-state index in [0.29, 0.717) is 40.3 Å². The second-order valence-corrected chi connectivity index (χ2v) is 6.40. The molecule has 6 heteroatoms. The number of hydrogen-bond donors (Lipinski definition) is 2. The SMILES string of the molecule is CCCCN=C1C=C(Nc2ccc(C(=O)OC)cc2)c2c(O)cccc2C1=O. The topological polar surface area (TPSA) is 88.0 Å². The fourth-order valence-corrected chi connectivity index (χ4v) is 2.96. The molecule has 0 spiro atoms. The van der Waals surface area contributed by atoms with Crippen molar-refractivity contribution in [3.63, 3.8) is 0 Å². The number of hydrogen-bond acceptors (Lipinski definition) is 6. The maximum Gasteiger partial charge on any atom is 0.337 e. The van der Waals surface area contributed by atoms with Gasteiger partial charge >= 0.3 is 5.97 Å². The van der Waals surface area contributed by atoms with Gasteiger partial charge < -0.3 is 15.2 Å². The predicted molar refractivity (Wildman–Crippen MR) is 109 cm³/mol. The third kappa shape index (κ3) is 3.96. The van der Waals surface area contributed by atoms with Gasteiger partial charge in [-0.25, -0.2) is 4.79 Å². The molecule has 2 aromatic carbocycles. The van der Waals surface area contributed by atoms with Gasteiger partial charge in [0.2, 0.25) is 5.78 Å². The Morgan fingerprint density at radius 2 is 1.93 bits per heavy atom. The molecule has 1 aliphatic rings. The molecule has 0 aliphatic heterocycles. The van der Waals surface area contributed by atoms with Gasteiger partial charge in [-0.2, -0.15) is 0 Å². The Labute approximate surface area is 163 Å². The molecule has 1 aliphatic carbocycles. The highest BCUT2D eigenvalue weighted by Gasteiger charge is 2.26. The van der Waals surface area contributed by atoms with Gasteiger partial charge in [0, 0.05) is 17.8 Å². The highest BCUT2D eigenvalue weighted by atomic mass is 16.5. The number of ketones is 1. The number of fused-ring (bicyclic) bond motifs is 1. The summed E-state index contributed by atoms with van der Waals surface area (Å²) < 4.78 is 4.70. The molecule has 2 aromatic rings. The van der Waals surface area contributed by atoms with Crippen LogP contribution in [0.15, 0.2) is 53.5 Å². The van der Waals surface area contributed by atoms with E-state index in [1.54, 1.807) is 48.5 Å². The van der Waals surface area contributed by atoms with Gasteiger partial charge in [-0.05, 0) is 42.8 Å². The van der Waals surface area contributed by atoms with Gasteiger partial charge in [-0.15, -0.1) is 0 Å². The maximum atomic E-state index is 12.7. The van der Waals surface area contributed by atoms with E-state index in [-0.39, 0.29) is 11.5 Å². The monoisotopic (exact) mass is 378 g/mol. The fraction of sp³-hybridized carbons (Fsp3) is 0.227. The number of anilines is 1. The van der Waals surface area contributed by atoms with Crippen LogP contribution in [0.5, 0.6) is 5.75 Å². The van der Waals surface area contributed by atoms with Gasteiger partial charge in [0.05, 0.1) is 23.9 Å². The minimum absolute atomic E-state index is 0.0170. The number of benzene rings is 2. The summed E-state index contributed by atoms with van der Waals surface area (Å²) in [5.74, 6) is -0.598. The zero-order valence-electron chi connectivity index (χ0n) is 15.9. The van der Waals surface area contributed by atoms with E-state index >= 15 is 0 Å². The van der Waals surface area contributed by atoms with Crippen LogP contribution in [-0.4, -0.2) is 36.2 Å². The Bertz CT molecular complexity index is 959. The van der Waals surface area contributed by atoms with Crippen LogP contribution in [0.1, 0.15) is 46.0 Å². The minimum Gasteiger partial charge on any atom is -0.507 e. The summed E-state index contributed by atoms with van der Waals surface area (Å²) in [6, 6.07) is 11.6. The second-order valence-electron chi connectivity index (χ2n) is 6.40. The number of aromatic hydroxyl groups is 1. The van der Waals surface area contributed by atoms with Crippen LogP contribution >= 0.6 is 0 Å². The van der Waals surface area contributed by atoms with Crippen LogP contribution < -0.4 is 5.32 Å². The van der Waals surface area contributed by atoms with Crippen LogP contribution in [-0.2, 0) is 4.74 Å².